The molecule has 2 rings (SSSR count). The molecule has 1 amide bonds. The molecule has 1 heterocycles. The summed E-state index contributed by atoms with van der Waals surface area (Å²) in [6.45, 7) is -1.17. The highest BCUT2D eigenvalue weighted by Gasteiger charge is 2.18. The number of anilines is 1. The number of carbonyl (C=O) groups excluding carboxylic acids is 2. The Hall–Kier alpha value is -1.93. The fourth-order valence-corrected chi connectivity index (χ4v) is 2.78. The molecule has 1 aliphatic heterocycles. The molecule has 9 heteroatoms. The molecule has 0 bridgehead atoms. The molecule has 1 aliphatic rings. The van der Waals surface area contributed by atoms with E-state index in [0.717, 1.165) is 38.4 Å². The van der Waals surface area contributed by atoms with Crippen molar-refractivity contribution in [1.82, 2.24) is 5.32 Å². The van der Waals surface area contributed by atoms with E-state index in [2.05, 4.69) is 20.1 Å². The Morgan fingerprint density at radius 2 is 2.00 bits per heavy atom. The summed E-state index contributed by atoms with van der Waals surface area (Å²) >= 11 is 0. The quantitative estimate of drug-likeness (QED) is 0.697. The van der Waals surface area contributed by atoms with Crippen LogP contribution in [0.5, 0.6) is 5.75 Å². The van der Waals surface area contributed by atoms with Crippen molar-refractivity contribution < 1.29 is 27.8 Å². The van der Waals surface area contributed by atoms with Crippen LogP contribution in [0.3, 0.4) is 0 Å². The van der Waals surface area contributed by atoms with E-state index < -0.39 is 12.6 Å². The smallest absolute Gasteiger partial charge is 0.387 e. The predicted octanol–water partition coefficient (Wildman–Crippen LogP) is 3.21. The number of piperidine rings is 1. The molecular formula is C17H23ClF2N2O4. The van der Waals surface area contributed by atoms with Crippen molar-refractivity contribution in [1.29, 1.82) is 0 Å². The first-order valence-electron chi connectivity index (χ1n) is 8.17. The van der Waals surface area contributed by atoms with Gasteiger partial charge in [-0.25, -0.2) is 4.79 Å². The lowest BCUT2D eigenvalue weighted by Crippen LogP contribution is -2.28. The fourth-order valence-electron chi connectivity index (χ4n) is 2.78. The molecule has 2 N–H and O–H groups in total. The minimum atomic E-state index is -3.07. The second-order valence-corrected chi connectivity index (χ2v) is 5.86. The Bertz CT molecular complexity index is 610. The van der Waals surface area contributed by atoms with E-state index in [1.54, 1.807) is 0 Å². The van der Waals surface area contributed by atoms with Gasteiger partial charge in [-0.2, -0.15) is 8.78 Å². The zero-order valence-electron chi connectivity index (χ0n) is 14.4. The molecule has 1 aromatic carbocycles. The number of nitrogens with one attached hydrogen (secondary N) is 2. The lowest BCUT2D eigenvalue weighted by atomic mass is 9.93. The Morgan fingerprint density at radius 1 is 1.31 bits per heavy atom. The minimum absolute atomic E-state index is 0. The van der Waals surface area contributed by atoms with Gasteiger partial charge in [0.2, 0.25) is 5.91 Å². The number of methoxy groups -OCH3 is 1. The van der Waals surface area contributed by atoms with Crippen molar-refractivity contribution in [2.24, 2.45) is 5.92 Å². The summed E-state index contributed by atoms with van der Waals surface area (Å²) in [5.41, 5.74) is 0.161. The molecule has 0 aliphatic carbocycles. The van der Waals surface area contributed by atoms with Crippen molar-refractivity contribution in [3.8, 4) is 5.75 Å². The summed E-state index contributed by atoms with van der Waals surface area (Å²) in [5.74, 6) is -0.732. The maximum atomic E-state index is 12.6. The molecule has 1 aromatic rings. The van der Waals surface area contributed by atoms with Crippen LogP contribution >= 0.6 is 12.4 Å². The van der Waals surface area contributed by atoms with Gasteiger partial charge in [0.05, 0.1) is 18.4 Å². The highest BCUT2D eigenvalue weighted by molar-refractivity contribution is 5.95. The van der Waals surface area contributed by atoms with Crippen LogP contribution in [0.15, 0.2) is 18.2 Å². The molecule has 0 spiro atoms. The molecule has 0 radical (unpaired) electrons. The van der Waals surface area contributed by atoms with Gasteiger partial charge in [0.1, 0.15) is 5.75 Å². The number of benzene rings is 1. The highest BCUT2D eigenvalue weighted by atomic mass is 35.5. The number of alkyl halides is 2. The van der Waals surface area contributed by atoms with Gasteiger partial charge >= 0.3 is 12.6 Å². The van der Waals surface area contributed by atoms with Crippen LogP contribution < -0.4 is 15.4 Å². The first-order valence-corrected chi connectivity index (χ1v) is 8.17. The second-order valence-electron chi connectivity index (χ2n) is 5.86. The van der Waals surface area contributed by atoms with Crippen molar-refractivity contribution in [3.63, 3.8) is 0 Å². The van der Waals surface area contributed by atoms with Crippen LogP contribution in [0.2, 0.25) is 0 Å². The molecule has 6 nitrogen and oxygen atoms in total. The van der Waals surface area contributed by atoms with E-state index in [0.29, 0.717) is 12.3 Å². The molecule has 146 valence electrons. The summed E-state index contributed by atoms with van der Waals surface area (Å²) in [6.07, 6.45) is 3.11. The molecule has 1 saturated heterocycles. The van der Waals surface area contributed by atoms with Gasteiger partial charge in [0, 0.05) is 6.42 Å². The zero-order chi connectivity index (χ0) is 18.2. The van der Waals surface area contributed by atoms with E-state index in [-0.39, 0.29) is 35.3 Å². The lowest BCUT2D eigenvalue weighted by Gasteiger charge is -2.22. The van der Waals surface area contributed by atoms with E-state index in [1.807, 2.05) is 0 Å². The van der Waals surface area contributed by atoms with Crippen LogP contribution in [0.4, 0.5) is 14.5 Å². The minimum Gasteiger partial charge on any atom is -0.465 e. The Morgan fingerprint density at radius 3 is 2.62 bits per heavy atom. The summed E-state index contributed by atoms with van der Waals surface area (Å²) in [6, 6.07) is 3.86. The van der Waals surface area contributed by atoms with Crippen LogP contribution in [0.1, 0.15) is 36.0 Å². The normalized spacial score (nSPS) is 14.5. The number of esters is 1. The summed E-state index contributed by atoms with van der Waals surface area (Å²) in [5, 5.41) is 5.84. The number of hydrogen-bond acceptors (Lipinski definition) is 5. The van der Waals surface area contributed by atoms with Crippen LogP contribution in [-0.2, 0) is 9.53 Å². The van der Waals surface area contributed by atoms with E-state index in [1.165, 1.54) is 19.2 Å². The van der Waals surface area contributed by atoms with Crippen molar-refractivity contribution >= 4 is 30.0 Å². The Balaban J connectivity index is 0.00000338. The predicted molar refractivity (Wildman–Crippen MR) is 95.1 cm³/mol. The number of carbonyl (C=O) groups is 2. The first-order chi connectivity index (χ1) is 12.0. The second kappa shape index (κ2) is 10.9. The van der Waals surface area contributed by atoms with Crippen molar-refractivity contribution in [2.75, 3.05) is 25.5 Å². The molecule has 26 heavy (non-hydrogen) atoms. The van der Waals surface area contributed by atoms with Crippen molar-refractivity contribution in [2.45, 2.75) is 32.3 Å². The maximum absolute atomic E-state index is 12.6. The number of ether oxygens (including phenoxy) is 2. The van der Waals surface area contributed by atoms with Gasteiger partial charge in [-0.15, -0.1) is 12.4 Å². The topological polar surface area (TPSA) is 76.7 Å². The van der Waals surface area contributed by atoms with Gasteiger partial charge in [0.25, 0.3) is 0 Å². The maximum Gasteiger partial charge on any atom is 0.387 e. The monoisotopic (exact) mass is 392 g/mol. The van der Waals surface area contributed by atoms with Crippen LogP contribution in [-0.4, -0.2) is 38.7 Å². The third kappa shape index (κ3) is 6.76. The fraction of sp³-hybridized carbons (Fsp3) is 0.529. The van der Waals surface area contributed by atoms with E-state index >= 15 is 0 Å². The highest BCUT2D eigenvalue weighted by Crippen LogP contribution is 2.28. The molecular weight excluding hydrogens is 370 g/mol. The summed E-state index contributed by atoms with van der Waals surface area (Å²) < 4.78 is 34.1. The SMILES string of the molecule is COC(=O)c1ccc(NC(=O)CCC2CCNCC2)c(OC(F)F)c1.Cl. The number of halogens is 3. The average Bonchev–Trinajstić information content (AvgIpc) is 2.61. The third-order valence-electron chi connectivity index (χ3n) is 4.13. The largest absolute Gasteiger partial charge is 0.465 e. The number of amides is 1. The van der Waals surface area contributed by atoms with E-state index in [4.69, 9.17) is 0 Å². The average molecular weight is 393 g/mol. The molecule has 0 atom stereocenters. The van der Waals surface area contributed by atoms with Crippen LogP contribution in [0.25, 0.3) is 0 Å². The van der Waals surface area contributed by atoms with Gasteiger partial charge < -0.3 is 20.1 Å². The summed E-state index contributed by atoms with van der Waals surface area (Å²) in [4.78, 5) is 23.6. The zero-order valence-corrected chi connectivity index (χ0v) is 15.2. The third-order valence-corrected chi connectivity index (χ3v) is 4.13. The van der Waals surface area contributed by atoms with Crippen LogP contribution in [0, 0.1) is 5.92 Å². The molecule has 0 aromatic heterocycles. The van der Waals surface area contributed by atoms with Crippen molar-refractivity contribution in [3.05, 3.63) is 23.8 Å². The van der Waals surface area contributed by atoms with E-state index in [9.17, 15) is 18.4 Å². The van der Waals surface area contributed by atoms with Gasteiger partial charge in [-0.05, 0) is 56.5 Å². The summed E-state index contributed by atoms with van der Waals surface area (Å²) in [7, 11) is 1.19. The Labute approximate surface area is 157 Å². The number of hydrogen-bond donors (Lipinski definition) is 2. The first kappa shape index (κ1) is 22.1. The molecule has 1 fully saturated rings. The van der Waals surface area contributed by atoms with Gasteiger partial charge in [0.15, 0.2) is 0 Å². The van der Waals surface area contributed by atoms with Gasteiger partial charge in [-0.1, -0.05) is 0 Å². The lowest BCUT2D eigenvalue weighted by molar-refractivity contribution is -0.116. The number of rotatable bonds is 7. The molecule has 0 unspecified atom stereocenters. The van der Waals surface area contributed by atoms with Gasteiger partial charge in [-0.3, -0.25) is 4.79 Å². The Kier molecular flexibility index (Phi) is 9.29. The standard InChI is InChI=1S/C17H22F2N2O4.ClH/c1-24-16(23)12-3-4-13(14(10-12)25-17(18)19)21-15(22)5-2-11-6-8-20-9-7-11;/h3-4,10-11,17,20H,2,5-9H2,1H3,(H,21,22);1H. The molecule has 0 saturated carbocycles.